The molecule has 0 atom stereocenters. The number of rotatable bonds is 3. The molecular formula is C15H12N2O4S. The normalized spacial score (nSPS) is 13.5. The van der Waals surface area contributed by atoms with Gasteiger partial charge in [0.15, 0.2) is 0 Å². The van der Waals surface area contributed by atoms with Crippen molar-refractivity contribution in [3.8, 4) is 0 Å². The maximum atomic E-state index is 12.1. The number of amides is 2. The fourth-order valence-electron chi connectivity index (χ4n) is 2.25. The van der Waals surface area contributed by atoms with E-state index in [2.05, 4.69) is 4.98 Å². The number of carbonyl (C=O) groups is 3. The maximum absolute atomic E-state index is 12.1. The molecule has 0 bridgehead atoms. The molecule has 2 heterocycles. The van der Waals surface area contributed by atoms with E-state index >= 15 is 0 Å². The van der Waals surface area contributed by atoms with E-state index in [1.54, 1.807) is 19.1 Å². The van der Waals surface area contributed by atoms with Crippen LogP contribution in [-0.4, -0.2) is 27.8 Å². The summed E-state index contributed by atoms with van der Waals surface area (Å²) in [4.78, 5) is 46.1. The lowest BCUT2D eigenvalue weighted by Crippen LogP contribution is -2.33. The van der Waals surface area contributed by atoms with Gasteiger partial charge in [-0.05, 0) is 26.0 Å². The minimum atomic E-state index is -0.666. The molecule has 1 aromatic carbocycles. The molecule has 7 heteroatoms. The molecule has 0 unspecified atom stereocenters. The Bertz CT molecular complexity index is 762. The summed E-state index contributed by atoms with van der Waals surface area (Å²) < 4.78 is 0. The zero-order chi connectivity index (χ0) is 15.9. The Balaban J connectivity index is 1.74. The molecule has 0 fully saturated rings. The lowest BCUT2D eigenvalue weighted by molar-refractivity contribution is -0.167. The van der Waals surface area contributed by atoms with Crippen molar-refractivity contribution in [2.75, 3.05) is 0 Å². The van der Waals surface area contributed by atoms with Crippen molar-refractivity contribution in [1.29, 1.82) is 0 Å². The van der Waals surface area contributed by atoms with Crippen LogP contribution >= 0.6 is 11.3 Å². The van der Waals surface area contributed by atoms with Gasteiger partial charge in [-0.2, -0.15) is 0 Å². The fourth-order valence-corrected chi connectivity index (χ4v) is 3.18. The number of thiazole rings is 1. The maximum Gasteiger partial charge on any atom is 0.338 e. The highest BCUT2D eigenvalue weighted by atomic mass is 32.1. The Labute approximate surface area is 130 Å². The van der Waals surface area contributed by atoms with E-state index in [9.17, 15) is 14.4 Å². The smallest absolute Gasteiger partial charge is 0.329 e. The largest absolute Gasteiger partial charge is 0.338 e. The van der Waals surface area contributed by atoms with Gasteiger partial charge in [-0.3, -0.25) is 9.59 Å². The summed E-state index contributed by atoms with van der Waals surface area (Å²) >= 11 is 1.39. The summed E-state index contributed by atoms with van der Waals surface area (Å²) in [6.45, 7) is 3.64. The number of aryl methyl sites for hydroxylation is 2. The summed E-state index contributed by atoms with van der Waals surface area (Å²) in [5.41, 5.74) is 1.23. The molecule has 1 aromatic heterocycles. The molecule has 1 aliphatic rings. The molecule has 112 valence electrons. The van der Waals surface area contributed by atoms with E-state index in [1.165, 1.54) is 23.5 Å². The molecular weight excluding hydrogens is 304 g/mol. The quantitative estimate of drug-likeness (QED) is 0.810. The van der Waals surface area contributed by atoms with Gasteiger partial charge in [0, 0.05) is 4.88 Å². The van der Waals surface area contributed by atoms with E-state index in [0.29, 0.717) is 5.06 Å². The van der Waals surface area contributed by atoms with E-state index in [-0.39, 0.29) is 17.5 Å². The van der Waals surface area contributed by atoms with E-state index in [4.69, 9.17) is 4.84 Å². The molecule has 0 N–H and O–H groups in total. The van der Waals surface area contributed by atoms with E-state index in [1.807, 2.05) is 6.92 Å². The standard InChI is InChI=1S/C15H12N2O4S/c1-8-12(22-9(2)16-8)7-13(18)21-17-14(19)10-5-3-4-6-11(10)15(17)20/h3-6H,7H2,1-2H3. The first kappa shape index (κ1) is 14.4. The van der Waals surface area contributed by atoms with Gasteiger partial charge in [-0.25, -0.2) is 9.78 Å². The first-order chi connectivity index (χ1) is 10.5. The van der Waals surface area contributed by atoms with Crippen LogP contribution < -0.4 is 0 Å². The number of hydroxylamine groups is 2. The number of aromatic nitrogens is 1. The van der Waals surface area contributed by atoms with Crippen molar-refractivity contribution < 1.29 is 19.2 Å². The molecule has 1 aliphatic heterocycles. The van der Waals surface area contributed by atoms with Crippen LogP contribution in [0.25, 0.3) is 0 Å². The number of carbonyl (C=O) groups excluding carboxylic acids is 3. The molecule has 2 amide bonds. The highest BCUT2D eigenvalue weighted by Crippen LogP contribution is 2.24. The summed E-state index contributed by atoms with van der Waals surface area (Å²) in [7, 11) is 0. The van der Waals surface area contributed by atoms with Crippen LogP contribution in [0.5, 0.6) is 0 Å². The number of imide groups is 1. The molecule has 0 aliphatic carbocycles. The third-order valence-corrected chi connectivity index (χ3v) is 4.33. The fraction of sp³-hybridized carbons (Fsp3) is 0.200. The van der Waals surface area contributed by atoms with Gasteiger partial charge in [0.1, 0.15) is 0 Å². The Morgan fingerprint density at radius 1 is 1.18 bits per heavy atom. The van der Waals surface area contributed by atoms with Crippen molar-refractivity contribution in [3.05, 3.63) is 51.0 Å². The van der Waals surface area contributed by atoms with Crippen LogP contribution in [0.3, 0.4) is 0 Å². The predicted octanol–water partition coefficient (Wildman–Crippen LogP) is 2.06. The zero-order valence-corrected chi connectivity index (χ0v) is 12.8. The van der Waals surface area contributed by atoms with Gasteiger partial charge in [-0.15, -0.1) is 11.3 Å². The predicted molar refractivity (Wildman–Crippen MR) is 78.3 cm³/mol. The van der Waals surface area contributed by atoms with Gasteiger partial charge in [0.05, 0.1) is 28.2 Å². The topological polar surface area (TPSA) is 76.6 Å². The molecule has 0 spiro atoms. The molecule has 0 saturated carbocycles. The van der Waals surface area contributed by atoms with Crippen LogP contribution in [0.1, 0.15) is 36.3 Å². The van der Waals surface area contributed by atoms with Gasteiger partial charge < -0.3 is 4.84 Å². The van der Waals surface area contributed by atoms with Gasteiger partial charge in [-0.1, -0.05) is 17.2 Å². The Kier molecular flexibility index (Phi) is 3.50. The van der Waals surface area contributed by atoms with Crippen molar-refractivity contribution in [1.82, 2.24) is 10.0 Å². The first-order valence-corrected chi connectivity index (χ1v) is 7.40. The number of hydrogen-bond acceptors (Lipinski definition) is 6. The Hall–Kier alpha value is -2.54. The Morgan fingerprint density at radius 3 is 2.27 bits per heavy atom. The average Bonchev–Trinajstić information content (AvgIpc) is 2.91. The van der Waals surface area contributed by atoms with Crippen LogP contribution in [0.2, 0.25) is 0 Å². The minimum absolute atomic E-state index is 0.0231. The van der Waals surface area contributed by atoms with Crippen molar-refractivity contribution in [3.63, 3.8) is 0 Å². The third kappa shape index (κ3) is 2.39. The Morgan fingerprint density at radius 2 is 1.77 bits per heavy atom. The average molecular weight is 316 g/mol. The SMILES string of the molecule is Cc1nc(C)c(CC(=O)ON2C(=O)c3ccccc3C2=O)s1. The number of hydrogen-bond donors (Lipinski definition) is 0. The highest BCUT2D eigenvalue weighted by Gasteiger charge is 2.38. The van der Waals surface area contributed by atoms with Crippen molar-refractivity contribution in [2.24, 2.45) is 0 Å². The molecule has 22 heavy (non-hydrogen) atoms. The molecule has 2 aromatic rings. The second-order valence-electron chi connectivity index (χ2n) is 4.83. The van der Waals surface area contributed by atoms with Gasteiger partial charge >= 0.3 is 5.97 Å². The molecule has 0 radical (unpaired) electrons. The summed E-state index contributed by atoms with van der Waals surface area (Å²) in [5.74, 6) is -1.90. The summed E-state index contributed by atoms with van der Waals surface area (Å²) in [6.07, 6.45) is -0.0231. The van der Waals surface area contributed by atoms with Crippen LogP contribution in [-0.2, 0) is 16.1 Å². The minimum Gasteiger partial charge on any atom is -0.329 e. The number of benzene rings is 1. The lowest BCUT2D eigenvalue weighted by atomic mass is 10.1. The van der Waals surface area contributed by atoms with Crippen LogP contribution in [0, 0.1) is 13.8 Å². The monoisotopic (exact) mass is 316 g/mol. The van der Waals surface area contributed by atoms with Gasteiger partial charge in [0.25, 0.3) is 11.8 Å². The molecule has 3 rings (SSSR count). The highest BCUT2D eigenvalue weighted by molar-refractivity contribution is 7.11. The molecule has 6 nitrogen and oxygen atoms in total. The zero-order valence-electron chi connectivity index (χ0n) is 12.0. The lowest BCUT2D eigenvalue weighted by Gasteiger charge is -2.12. The number of nitrogens with zero attached hydrogens (tertiary/aromatic N) is 2. The molecule has 0 saturated heterocycles. The van der Waals surface area contributed by atoms with Crippen LogP contribution in [0.15, 0.2) is 24.3 Å². The first-order valence-electron chi connectivity index (χ1n) is 6.59. The summed E-state index contributed by atoms with van der Waals surface area (Å²) in [6, 6.07) is 6.36. The van der Waals surface area contributed by atoms with Gasteiger partial charge in [0.2, 0.25) is 0 Å². The summed E-state index contributed by atoms with van der Waals surface area (Å²) in [5, 5.41) is 1.37. The van der Waals surface area contributed by atoms with E-state index < -0.39 is 17.8 Å². The van der Waals surface area contributed by atoms with Crippen molar-refractivity contribution >= 4 is 29.1 Å². The van der Waals surface area contributed by atoms with Crippen molar-refractivity contribution in [2.45, 2.75) is 20.3 Å². The number of fused-ring (bicyclic) bond motifs is 1. The third-order valence-electron chi connectivity index (χ3n) is 3.25. The van der Waals surface area contributed by atoms with Crippen LogP contribution in [0.4, 0.5) is 0 Å². The second-order valence-corrected chi connectivity index (χ2v) is 6.12. The second kappa shape index (κ2) is 5.34. The van der Waals surface area contributed by atoms with E-state index in [0.717, 1.165) is 15.6 Å².